The molecule has 17 heavy (non-hydrogen) atoms. The molecule has 0 saturated carbocycles. The van der Waals surface area contributed by atoms with Crippen LogP contribution in [0.5, 0.6) is 5.88 Å². The molecule has 0 unspecified atom stereocenters. The molecule has 3 nitrogen and oxygen atoms in total. The molecule has 1 rings (SSSR count). The van der Waals surface area contributed by atoms with E-state index in [9.17, 15) is 0 Å². The molecular weight excluding hydrogens is 212 g/mol. The van der Waals surface area contributed by atoms with Gasteiger partial charge in [0.1, 0.15) is 0 Å². The molecule has 3 heteroatoms. The largest absolute Gasteiger partial charge is 0.481 e. The van der Waals surface area contributed by atoms with E-state index in [4.69, 9.17) is 4.74 Å². The van der Waals surface area contributed by atoms with Gasteiger partial charge in [-0.05, 0) is 24.9 Å². The van der Waals surface area contributed by atoms with Crippen LogP contribution < -0.4 is 10.1 Å². The highest BCUT2D eigenvalue weighted by Gasteiger charge is 1.97. The van der Waals surface area contributed by atoms with E-state index in [1.54, 1.807) is 7.11 Å². The zero-order chi connectivity index (χ0) is 12.5. The van der Waals surface area contributed by atoms with E-state index in [-0.39, 0.29) is 0 Å². The summed E-state index contributed by atoms with van der Waals surface area (Å²) in [7, 11) is 1.64. The maximum absolute atomic E-state index is 5.09. The lowest BCUT2D eigenvalue weighted by Gasteiger charge is -2.07. The second-order valence-electron chi connectivity index (χ2n) is 4.74. The number of nitrogens with one attached hydrogen (secondary N) is 1. The number of rotatable bonds is 8. The average Bonchev–Trinajstić information content (AvgIpc) is 2.33. The molecular formula is C14H24N2O. The van der Waals surface area contributed by atoms with E-state index in [1.807, 2.05) is 18.2 Å². The van der Waals surface area contributed by atoms with Crippen LogP contribution in [0.15, 0.2) is 18.2 Å². The summed E-state index contributed by atoms with van der Waals surface area (Å²) in [5.74, 6) is 1.50. The van der Waals surface area contributed by atoms with Gasteiger partial charge in [-0.3, -0.25) is 0 Å². The van der Waals surface area contributed by atoms with E-state index in [0.717, 1.165) is 24.7 Å². The number of hydrogen-bond acceptors (Lipinski definition) is 3. The van der Waals surface area contributed by atoms with Crippen molar-refractivity contribution >= 4 is 0 Å². The van der Waals surface area contributed by atoms with Crippen molar-refractivity contribution in [3.63, 3.8) is 0 Å². The lowest BCUT2D eigenvalue weighted by atomic mass is 10.1. The third-order valence-corrected chi connectivity index (χ3v) is 2.68. The maximum atomic E-state index is 5.09. The summed E-state index contributed by atoms with van der Waals surface area (Å²) in [5.41, 5.74) is 1.04. The number of hydrogen-bond donors (Lipinski definition) is 1. The average molecular weight is 236 g/mol. The minimum absolute atomic E-state index is 0.684. The smallest absolute Gasteiger partial charge is 0.213 e. The standard InChI is InChI=1S/C14H24N2O/c1-12(2)7-4-5-10-15-11-13-8-6-9-14(16-13)17-3/h6,8-9,12,15H,4-5,7,10-11H2,1-3H3. The molecule has 0 spiro atoms. The van der Waals surface area contributed by atoms with Crippen LogP contribution in [0.2, 0.25) is 0 Å². The molecule has 0 amide bonds. The number of ether oxygens (including phenoxy) is 1. The first-order valence-electron chi connectivity index (χ1n) is 6.43. The van der Waals surface area contributed by atoms with Gasteiger partial charge in [-0.2, -0.15) is 0 Å². The number of pyridine rings is 1. The van der Waals surface area contributed by atoms with E-state index in [0.29, 0.717) is 5.88 Å². The molecule has 1 N–H and O–H groups in total. The molecule has 96 valence electrons. The highest BCUT2D eigenvalue weighted by Crippen LogP contribution is 2.07. The fraction of sp³-hybridized carbons (Fsp3) is 0.643. The lowest BCUT2D eigenvalue weighted by molar-refractivity contribution is 0.395. The molecule has 0 bridgehead atoms. The van der Waals surface area contributed by atoms with E-state index < -0.39 is 0 Å². The summed E-state index contributed by atoms with van der Waals surface area (Å²) < 4.78 is 5.09. The van der Waals surface area contributed by atoms with Gasteiger partial charge in [-0.1, -0.05) is 32.8 Å². The Hall–Kier alpha value is -1.09. The topological polar surface area (TPSA) is 34.1 Å². The Balaban J connectivity index is 2.13. The van der Waals surface area contributed by atoms with Gasteiger partial charge in [0.15, 0.2) is 0 Å². The van der Waals surface area contributed by atoms with E-state index >= 15 is 0 Å². The van der Waals surface area contributed by atoms with E-state index in [1.165, 1.54) is 19.3 Å². The third kappa shape index (κ3) is 6.27. The third-order valence-electron chi connectivity index (χ3n) is 2.68. The molecule has 0 saturated heterocycles. The molecule has 0 aliphatic heterocycles. The Morgan fingerprint density at radius 1 is 1.29 bits per heavy atom. The summed E-state index contributed by atoms with van der Waals surface area (Å²) in [5, 5.41) is 3.41. The minimum Gasteiger partial charge on any atom is -0.481 e. The second kappa shape index (κ2) is 8.07. The van der Waals surface area contributed by atoms with Gasteiger partial charge < -0.3 is 10.1 Å². The van der Waals surface area contributed by atoms with Crippen molar-refractivity contribution < 1.29 is 4.74 Å². The second-order valence-corrected chi connectivity index (χ2v) is 4.74. The first-order valence-corrected chi connectivity index (χ1v) is 6.43. The van der Waals surface area contributed by atoms with Crippen molar-refractivity contribution in [3.8, 4) is 5.88 Å². The molecule has 0 aliphatic rings. The van der Waals surface area contributed by atoms with Crippen molar-refractivity contribution in [2.75, 3.05) is 13.7 Å². The van der Waals surface area contributed by atoms with Gasteiger partial charge in [0, 0.05) is 12.6 Å². The quantitative estimate of drug-likeness (QED) is 0.705. The van der Waals surface area contributed by atoms with Crippen molar-refractivity contribution in [2.45, 2.75) is 39.7 Å². The van der Waals surface area contributed by atoms with Gasteiger partial charge in [0.2, 0.25) is 5.88 Å². The zero-order valence-electron chi connectivity index (χ0n) is 11.2. The van der Waals surface area contributed by atoms with Crippen molar-refractivity contribution in [3.05, 3.63) is 23.9 Å². The van der Waals surface area contributed by atoms with Crippen LogP contribution in [0.1, 0.15) is 38.8 Å². The Labute approximate surface area is 105 Å². The van der Waals surface area contributed by atoms with Crippen molar-refractivity contribution in [1.82, 2.24) is 10.3 Å². The van der Waals surface area contributed by atoms with Crippen molar-refractivity contribution in [2.24, 2.45) is 5.92 Å². The van der Waals surface area contributed by atoms with Crippen LogP contribution in [0.25, 0.3) is 0 Å². The fourth-order valence-corrected chi connectivity index (χ4v) is 1.69. The maximum Gasteiger partial charge on any atom is 0.213 e. The first kappa shape index (κ1) is 14.0. The molecule has 0 radical (unpaired) electrons. The molecule has 1 aromatic rings. The van der Waals surface area contributed by atoms with Crippen LogP contribution in [0.4, 0.5) is 0 Å². The monoisotopic (exact) mass is 236 g/mol. The normalized spacial score (nSPS) is 10.8. The predicted octanol–water partition coefficient (Wildman–Crippen LogP) is 3.01. The van der Waals surface area contributed by atoms with Crippen LogP contribution in [0, 0.1) is 5.92 Å². The first-order chi connectivity index (χ1) is 8.22. The number of aromatic nitrogens is 1. The number of unbranched alkanes of at least 4 members (excludes halogenated alkanes) is 1. The summed E-state index contributed by atoms with van der Waals surface area (Å²) in [4.78, 5) is 4.35. The summed E-state index contributed by atoms with van der Waals surface area (Å²) >= 11 is 0. The van der Waals surface area contributed by atoms with Gasteiger partial charge in [-0.25, -0.2) is 4.98 Å². The number of nitrogens with zero attached hydrogens (tertiary/aromatic N) is 1. The zero-order valence-corrected chi connectivity index (χ0v) is 11.2. The van der Waals surface area contributed by atoms with Crippen LogP contribution in [0.3, 0.4) is 0 Å². The summed E-state index contributed by atoms with van der Waals surface area (Å²) in [6.07, 6.45) is 3.86. The SMILES string of the molecule is COc1cccc(CNCCCCC(C)C)n1. The summed E-state index contributed by atoms with van der Waals surface area (Å²) in [6.45, 7) is 6.42. The minimum atomic E-state index is 0.684. The van der Waals surface area contributed by atoms with Gasteiger partial charge in [0.05, 0.1) is 12.8 Å². The predicted molar refractivity (Wildman–Crippen MR) is 71.2 cm³/mol. The van der Waals surface area contributed by atoms with E-state index in [2.05, 4.69) is 24.1 Å². The van der Waals surface area contributed by atoms with Gasteiger partial charge in [-0.15, -0.1) is 0 Å². The Morgan fingerprint density at radius 3 is 2.82 bits per heavy atom. The van der Waals surface area contributed by atoms with Crippen LogP contribution in [-0.2, 0) is 6.54 Å². The number of methoxy groups -OCH3 is 1. The van der Waals surface area contributed by atoms with Crippen LogP contribution >= 0.6 is 0 Å². The molecule has 0 aromatic carbocycles. The van der Waals surface area contributed by atoms with Gasteiger partial charge in [0.25, 0.3) is 0 Å². The lowest BCUT2D eigenvalue weighted by Crippen LogP contribution is -2.15. The molecule has 1 aromatic heterocycles. The van der Waals surface area contributed by atoms with Crippen LogP contribution in [-0.4, -0.2) is 18.6 Å². The Morgan fingerprint density at radius 2 is 2.12 bits per heavy atom. The molecule has 0 aliphatic carbocycles. The van der Waals surface area contributed by atoms with Crippen molar-refractivity contribution in [1.29, 1.82) is 0 Å². The Bertz CT molecular complexity index is 313. The summed E-state index contributed by atoms with van der Waals surface area (Å²) in [6, 6.07) is 5.86. The highest BCUT2D eigenvalue weighted by atomic mass is 16.5. The Kier molecular flexibility index (Phi) is 6.63. The molecule has 0 atom stereocenters. The molecule has 1 heterocycles. The molecule has 0 fully saturated rings. The highest BCUT2D eigenvalue weighted by molar-refractivity contribution is 5.15. The van der Waals surface area contributed by atoms with Gasteiger partial charge >= 0.3 is 0 Å². The fourth-order valence-electron chi connectivity index (χ4n) is 1.69.